The Morgan fingerprint density at radius 3 is 2.95 bits per heavy atom. The SMILES string of the molecule is Cc1ncsc1COC(=O)Cc1cccc([N+](=O)[O-])c1. The van der Waals surface area contributed by atoms with Gasteiger partial charge in [-0.2, -0.15) is 0 Å². The highest BCUT2D eigenvalue weighted by atomic mass is 32.1. The van der Waals surface area contributed by atoms with Crippen LogP contribution in [0, 0.1) is 17.0 Å². The van der Waals surface area contributed by atoms with Gasteiger partial charge in [0.1, 0.15) is 6.61 Å². The summed E-state index contributed by atoms with van der Waals surface area (Å²) >= 11 is 1.43. The summed E-state index contributed by atoms with van der Waals surface area (Å²) in [5.41, 5.74) is 3.07. The molecule has 0 saturated carbocycles. The summed E-state index contributed by atoms with van der Waals surface area (Å²) in [5, 5.41) is 10.6. The van der Waals surface area contributed by atoms with Crippen LogP contribution in [0.1, 0.15) is 16.1 Å². The lowest BCUT2D eigenvalue weighted by atomic mass is 10.1. The highest BCUT2D eigenvalue weighted by molar-refractivity contribution is 7.09. The normalized spacial score (nSPS) is 10.2. The number of nitro groups is 1. The van der Waals surface area contributed by atoms with Crippen molar-refractivity contribution in [3.8, 4) is 0 Å². The van der Waals surface area contributed by atoms with Crippen LogP contribution in [0.25, 0.3) is 0 Å². The Morgan fingerprint density at radius 1 is 1.50 bits per heavy atom. The molecule has 20 heavy (non-hydrogen) atoms. The van der Waals surface area contributed by atoms with E-state index in [1.165, 1.54) is 23.5 Å². The largest absolute Gasteiger partial charge is 0.460 e. The molecule has 0 aliphatic carbocycles. The molecule has 7 heteroatoms. The molecule has 6 nitrogen and oxygen atoms in total. The van der Waals surface area contributed by atoms with Crippen molar-refractivity contribution in [2.45, 2.75) is 20.0 Å². The van der Waals surface area contributed by atoms with Gasteiger partial charge in [-0.1, -0.05) is 12.1 Å². The first-order chi connectivity index (χ1) is 9.56. The number of hydrogen-bond acceptors (Lipinski definition) is 6. The lowest BCUT2D eigenvalue weighted by Gasteiger charge is -2.04. The molecule has 0 saturated heterocycles. The van der Waals surface area contributed by atoms with Crippen LogP contribution in [0.15, 0.2) is 29.8 Å². The number of nitrogens with zero attached hydrogens (tertiary/aromatic N) is 2. The van der Waals surface area contributed by atoms with E-state index in [0.717, 1.165) is 10.6 Å². The molecule has 104 valence electrons. The van der Waals surface area contributed by atoms with Crippen LogP contribution in [0.3, 0.4) is 0 Å². The molecule has 0 spiro atoms. The van der Waals surface area contributed by atoms with E-state index in [2.05, 4.69) is 4.98 Å². The van der Waals surface area contributed by atoms with Gasteiger partial charge >= 0.3 is 5.97 Å². The van der Waals surface area contributed by atoms with Crippen molar-refractivity contribution in [1.29, 1.82) is 0 Å². The summed E-state index contributed by atoms with van der Waals surface area (Å²) in [6.07, 6.45) is 0.0134. The predicted molar refractivity (Wildman–Crippen MR) is 73.4 cm³/mol. The number of ether oxygens (including phenoxy) is 1. The fourth-order valence-corrected chi connectivity index (χ4v) is 2.30. The third kappa shape index (κ3) is 3.61. The molecule has 1 aromatic heterocycles. The number of hydrogen-bond donors (Lipinski definition) is 0. The fourth-order valence-electron chi connectivity index (χ4n) is 1.61. The Balaban J connectivity index is 1.93. The Labute approximate surface area is 119 Å². The van der Waals surface area contributed by atoms with Crippen LogP contribution in [0.2, 0.25) is 0 Å². The van der Waals surface area contributed by atoms with E-state index >= 15 is 0 Å². The number of thiazole rings is 1. The van der Waals surface area contributed by atoms with Crippen LogP contribution in [0.4, 0.5) is 5.69 Å². The van der Waals surface area contributed by atoms with Crippen LogP contribution in [-0.2, 0) is 22.6 Å². The van der Waals surface area contributed by atoms with E-state index in [9.17, 15) is 14.9 Å². The number of esters is 1. The molecule has 0 aliphatic heterocycles. The van der Waals surface area contributed by atoms with Gasteiger partial charge in [-0.15, -0.1) is 11.3 Å². The first-order valence-corrected chi connectivity index (χ1v) is 6.72. The molecule has 0 amide bonds. The molecule has 2 rings (SSSR count). The standard InChI is InChI=1S/C13H12N2O4S/c1-9-12(20-8-14-9)7-19-13(16)6-10-3-2-4-11(5-10)15(17)18/h2-5,8H,6-7H2,1H3. The average Bonchev–Trinajstić information content (AvgIpc) is 2.82. The van der Waals surface area contributed by atoms with E-state index in [-0.39, 0.29) is 18.7 Å². The zero-order valence-corrected chi connectivity index (χ0v) is 11.6. The molecule has 2 aromatic rings. The highest BCUT2D eigenvalue weighted by Crippen LogP contribution is 2.16. The maximum Gasteiger partial charge on any atom is 0.310 e. The zero-order chi connectivity index (χ0) is 14.5. The number of aromatic nitrogens is 1. The molecule has 0 atom stereocenters. The molecule has 0 fully saturated rings. The van der Waals surface area contributed by atoms with Gasteiger partial charge in [-0.3, -0.25) is 14.9 Å². The van der Waals surface area contributed by atoms with E-state index in [1.54, 1.807) is 17.6 Å². The average molecular weight is 292 g/mol. The number of benzene rings is 1. The fraction of sp³-hybridized carbons (Fsp3) is 0.231. The predicted octanol–water partition coefficient (Wildman–Crippen LogP) is 2.65. The van der Waals surface area contributed by atoms with Crippen molar-refractivity contribution >= 4 is 23.0 Å². The smallest absolute Gasteiger partial charge is 0.310 e. The Bertz CT molecular complexity index is 639. The van der Waals surface area contributed by atoms with Gasteiger partial charge in [0, 0.05) is 12.1 Å². The van der Waals surface area contributed by atoms with Gasteiger partial charge in [0.25, 0.3) is 5.69 Å². The van der Waals surface area contributed by atoms with Crippen molar-refractivity contribution in [2.24, 2.45) is 0 Å². The van der Waals surface area contributed by atoms with E-state index in [1.807, 2.05) is 6.92 Å². The number of rotatable bonds is 5. The molecule has 0 bridgehead atoms. The molecule has 0 N–H and O–H groups in total. The number of carbonyl (C=O) groups excluding carboxylic acids is 1. The number of non-ortho nitro benzene ring substituents is 1. The van der Waals surface area contributed by atoms with Gasteiger partial charge in [0.05, 0.1) is 27.4 Å². The molecule has 0 radical (unpaired) electrons. The summed E-state index contributed by atoms with van der Waals surface area (Å²) in [6, 6.07) is 5.97. The second kappa shape index (κ2) is 6.25. The van der Waals surface area contributed by atoms with E-state index in [4.69, 9.17) is 4.74 Å². The minimum absolute atomic E-state index is 0.0134. The summed E-state index contributed by atoms with van der Waals surface area (Å²) in [5.74, 6) is -0.418. The van der Waals surface area contributed by atoms with Crippen molar-refractivity contribution in [1.82, 2.24) is 4.98 Å². The summed E-state index contributed by atoms with van der Waals surface area (Å²) < 4.78 is 5.13. The molecular formula is C13H12N2O4S. The second-order valence-corrected chi connectivity index (χ2v) is 5.06. The minimum Gasteiger partial charge on any atom is -0.460 e. The Kier molecular flexibility index (Phi) is 4.41. The number of aryl methyl sites for hydroxylation is 1. The van der Waals surface area contributed by atoms with Gasteiger partial charge in [0.2, 0.25) is 0 Å². The monoisotopic (exact) mass is 292 g/mol. The summed E-state index contributed by atoms with van der Waals surface area (Å²) in [7, 11) is 0. The summed E-state index contributed by atoms with van der Waals surface area (Å²) in [4.78, 5) is 26.8. The van der Waals surface area contributed by atoms with Crippen LogP contribution in [0.5, 0.6) is 0 Å². The maximum absolute atomic E-state index is 11.7. The van der Waals surface area contributed by atoms with Gasteiger partial charge in [-0.05, 0) is 12.5 Å². The third-order valence-electron chi connectivity index (χ3n) is 2.68. The topological polar surface area (TPSA) is 82.3 Å². The number of carbonyl (C=O) groups is 1. The molecule has 1 aromatic carbocycles. The third-order valence-corrected chi connectivity index (χ3v) is 3.59. The molecule has 0 aliphatic rings. The summed E-state index contributed by atoms with van der Waals surface area (Å²) in [6.45, 7) is 2.03. The van der Waals surface area contributed by atoms with Crippen molar-refractivity contribution < 1.29 is 14.5 Å². The van der Waals surface area contributed by atoms with E-state index < -0.39 is 10.9 Å². The van der Waals surface area contributed by atoms with Gasteiger partial charge in [-0.25, -0.2) is 4.98 Å². The second-order valence-electron chi connectivity index (χ2n) is 4.13. The van der Waals surface area contributed by atoms with Gasteiger partial charge < -0.3 is 4.74 Å². The molecular weight excluding hydrogens is 280 g/mol. The van der Waals surface area contributed by atoms with Crippen molar-refractivity contribution in [2.75, 3.05) is 0 Å². The zero-order valence-electron chi connectivity index (χ0n) is 10.7. The molecule has 0 unspecified atom stereocenters. The first kappa shape index (κ1) is 14.1. The lowest BCUT2D eigenvalue weighted by Crippen LogP contribution is -2.08. The quantitative estimate of drug-likeness (QED) is 0.480. The minimum atomic E-state index is -0.491. The van der Waals surface area contributed by atoms with Crippen LogP contribution >= 0.6 is 11.3 Å². The lowest BCUT2D eigenvalue weighted by molar-refractivity contribution is -0.384. The van der Waals surface area contributed by atoms with Crippen LogP contribution < -0.4 is 0 Å². The number of nitro benzene ring substituents is 1. The van der Waals surface area contributed by atoms with Crippen LogP contribution in [-0.4, -0.2) is 15.9 Å². The Hall–Kier alpha value is -2.28. The molecule has 1 heterocycles. The maximum atomic E-state index is 11.7. The Morgan fingerprint density at radius 2 is 2.30 bits per heavy atom. The first-order valence-electron chi connectivity index (χ1n) is 5.84. The highest BCUT2D eigenvalue weighted by Gasteiger charge is 2.11. The van der Waals surface area contributed by atoms with E-state index in [0.29, 0.717) is 5.56 Å². The van der Waals surface area contributed by atoms with Gasteiger partial charge in [0.15, 0.2) is 0 Å². The van der Waals surface area contributed by atoms with Crippen molar-refractivity contribution in [3.05, 3.63) is 56.0 Å². The van der Waals surface area contributed by atoms with Crippen molar-refractivity contribution in [3.63, 3.8) is 0 Å².